The van der Waals surface area contributed by atoms with Crippen LogP contribution >= 0.6 is 0 Å². The first-order valence-corrected chi connectivity index (χ1v) is 14.4. The van der Waals surface area contributed by atoms with Gasteiger partial charge < -0.3 is 19.3 Å². The van der Waals surface area contributed by atoms with Crippen molar-refractivity contribution in [2.45, 2.75) is 46.1 Å². The molecule has 5 heteroatoms. The number of carbonyl (C=O) groups is 1. The molecule has 2 heterocycles. The molecule has 40 heavy (non-hydrogen) atoms. The van der Waals surface area contributed by atoms with E-state index in [-0.39, 0.29) is 5.97 Å². The second-order valence-electron chi connectivity index (χ2n) is 10.5. The first kappa shape index (κ1) is 26.0. The minimum absolute atomic E-state index is 0.312. The van der Waals surface area contributed by atoms with Crippen LogP contribution in [-0.4, -0.2) is 25.6 Å². The van der Waals surface area contributed by atoms with E-state index < -0.39 is 5.60 Å². The standard InChI is InChI=1S/C35H36N2O3/c1-5-8-22-37(30-23-25(21-20-24(30)4)36(6-2)7-3)29-17-13-19-32-33(29)35(28-16-11-12-18-31(28)39-32)27-15-10-9-14-26(27)34(38)40-35/h9-21,23H,5-8,22H2,1-4H3. The first-order chi connectivity index (χ1) is 19.5. The maximum absolute atomic E-state index is 13.4. The topological polar surface area (TPSA) is 42.0 Å². The van der Waals surface area contributed by atoms with Crippen LogP contribution in [0.25, 0.3) is 0 Å². The number of ether oxygens (including phenoxy) is 2. The number of unbranched alkanes of at least 4 members (excludes halogenated alkanes) is 1. The van der Waals surface area contributed by atoms with Crippen LogP contribution in [0.1, 0.15) is 66.2 Å². The largest absolute Gasteiger partial charge is 0.456 e. The predicted molar refractivity (Wildman–Crippen MR) is 161 cm³/mol. The van der Waals surface area contributed by atoms with Gasteiger partial charge in [0.1, 0.15) is 11.5 Å². The fourth-order valence-electron chi connectivity index (χ4n) is 6.25. The Hall–Kier alpha value is -4.25. The summed E-state index contributed by atoms with van der Waals surface area (Å²) in [5.41, 5.74) is 6.60. The smallest absolute Gasteiger partial charge is 0.340 e. The zero-order valence-electron chi connectivity index (χ0n) is 23.7. The minimum atomic E-state index is -1.11. The number of benzene rings is 4. The Morgan fingerprint density at radius 3 is 2.27 bits per heavy atom. The van der Waals surface area contributed by atoms with E-state index in [9.17, 15) is 4.79 Å². The molecule has 6 rings (SSSR count). The van der Waals surface area contributed by atoms with Gasteiger partial charge in [-0.15, -0.1) is 0 Å². The molecule has 2 aliphatic rings. The van der Waals surface area contributed by atoms with Crippen molar-refractivity contribution in [2.75, 3.05) is 29.4 Å². The quantitative estimate of drug-likeness (QED) is 0.213. The Bertz CT molecular complexity index is 1570. The van der Waals surface area contributed by atoms with E-state index in [1.165, 1.54) is 11.3 Å². The Morgan fingerprint density at radius 2 is 1.50 bits per heavy atom. The van der Waals surface area contributed by atoms with Gasteiger partial charge >= 0.3 is 5.97 Å². The molecular weight excluding hydrogens is 496 g/mol. The lowest BCUT2D eigenvalue weighted by atomic mass is 9.76. The average molecular weight is 533 g/mol. The van der Waals surface area contributed by atoms with Gasteiger partial charge in [0.05, 0.1) is 16.8 Å². The summed E-state index contributed by atoms with van der Waals surface area (Å²) >= 11 is 0. The van der Waals surface area contributed by atoms with Crippen molar-refractivity contribution in [1.82, 2.24) is 0 Å². The van der Waals surface area contributed by atoms with E-state index in [0.717, 1.165) is 60.5 Å². The molecule has 0 bridgehead atoms. The number of esters is 1. The number of para-hydroxylation sites is 1. The number of rotatable bonds is 8. The maximum atomic E-state index is 13.4. The summed E-state index contributed by atoms with van der Waals surface area (Å²) in [6.45, 7) is 11.5. The van der Waals surface area contributed by atoms with Crippen molar-refractivity contribution < 1.29 is 14.3 Å². The fourth-order valence-corrected chi connectivity index (χ4v) is 6.25. The van der Waals surface area contributed by atoms with Crippen molar-refractivity contribution >= 4 is 23.0 Å². The van der Waals surface area contributed by atoms with E-state index in [2.05, 4.69) is 61.8 Å². The van der Waals surface area contributed by atoms with Crippen LogP contribution < -0.4 is 14.5 Å². The molecule has 204 valence electrons. The monoisotopic (exact) mass is 532 g/mol. The second kappa shape index (κ2) is 10.4. The molecule has 0 aliphatic carbocycles. The number of carbonyl (C=O) groups excluding carboxylic acids is 1. The third-order valence-corrected chi connectivity index (χ3v) is 8.25. The Morgan fingerprint density at radius 1 is 0.775 bits per heavy atom. The van der Waals surface area contributed by atoms with Crippen LogP contribution in [0.4, 0.5) is 17.1 Å². The highest BCUT2D eigenvalue weighted by molar-refractivity contribution is 5.98. The van der Waals surface area contributed by atoms with Crippen LogP contribution in [0, 0.1) is 6.92 Å². The molecule has 0 N–H and O–H groups in total. The van der Waals surface area contributed by atoms with Gasteiger partial charge in [0.2, 0.25) is 0 Å². The van der Waals surface area contributed by atoms with Gasteiger partial charge in [0.15, 0.2) is 5.60 Å². The molecule has 1 spiro atoms. The van der Waals surface area contributed by atoms with Gasteiger partial charge in [-0.3, -0.25) is 0 Å². The van der Waals surface area contributed by atoms with Gasteiger partial charge in [-0.25, -0.2) is 4.79 Å². The van der Waals surface area contributed by atoms with Gasteiger partial charge in [0.25, 0.3) is 0 Å². The zero-order valence-corrected chi connectivity index (χ0v) is 23.7. The average Bonchev–Trinajstić information content (AvgIpc) is 3.27. The van der Waals surface area contributed by atoms with Gasteiger partial charge in [-0.05, 0) is 69.2 Å². The predicted octanol–water partition coefficient (Wildman–Crippen LogP) is 8.35. The summed E-state index contributed by atoms with van der Waals surface area (Å²) < 4.78 is 13.1. The molecule has 0 saturated heterocycles. The number of anilines is 3. The normalized spacial score (nSPS) is 16.6. The van der Waals surface area contributed by atoms with Crippen molar-refractivity contribution in [3.8, 4) is 11.5 Å². The van der Waals surface area contributed by atoms with E-state index in [4.69, 9.17) is 9.47 Å². The summed E-state index contributed by atoms with van der Waals surface area (Å²) in [6, 6.07) is 28.6. The van der Waals surface area contributed by atoms with Gasteiger partial charge in [-0.1, -0.05) is 61.9 Å². The van der Waals surface area contributed by atoms with Crippen molar-refractivity contribution in [3.63, 3.8) is 0 Å². The summed E-state index contributed by atoms with van der Waals surface area (Å²) in [5.74, 6) is 1.10. The lowest BCUT2D eigenvalue weighted by Crippen LogP contribution is -2.35. The molecule has 0 fully saturated rings. The molecule has 0 aromatic heterocycles. The number of fused-ring (bicyclic) bond motifs is 6. The molecule has 4 aromatic rings. The summed E-state index contributed by atoms with van der Waals surface area (Å²) in [4.78, 5) is 18.2. The number of hydrogen-bond acceptors (Lipinski definition) is 5. The third kappa shape index (κ3) is 3.95. The Kier molecular flexibility index (Phi) is 6.75. The van der Waals surface area contributed by atoms with Crippen LogP contribution in [-0.2, 0) is 10.3 Å². The van der Waals surface area contributed by atoms with E-state index in [0.29, 0.717) is 17.1 Å². The Labute approximate surface area is 237 Å². The van der Waals surface area contributed by atoms with Crippen molar-refractivity contribution in [1.29, 1.82) is 0 Å². The lowest BCUT2D eigenvalue weighted by Gasteiger charge is -2.40. The highest BCUT2D eigenvalue weighted by Gasteiger charge is 2.55. The summed E-state index contributed by atoms with van der Waals surface area (Å²) in [6.07, 6.45) is 2.07. The van der Waals surface area contributed by atoms with Crippen LogP contribution in [0.2, 0.25) is 0 Å². The molecule has 0 saturated carbocycles. The van der Waals surface area contributed by atoms with Gasteiger partial charge in [-0.2, -0.15) is 0 Å². The zero-order chi connectivity index (χ0) is 27.9. The third-order valence-electron chi connectivity index (χ3n) is 8.25. The summed E-state index contributed by atoms with van der Waals surface area (Å²) in [7, 11) is 0. The van der Waals surface area contributed by atoms with Crippen molar-refractivity contribution in [2.24, 2.45) is 0 Å². The van der Waals surface area contributed by atoms with E-state index in [1.54, 1.807) is 0 Å². The van der Waals surface area contributed by atoms with Crippen LogP contribution in [0.3, 0.4) is 0 Å². The van der Waals surface area contributed by atoms with Crippen molar-refractivity contribution in [3.05, 3.63) is 113 Å². The van der Waals surface area contributed by atoms with Gasteiger partial charge in [0, 0.05) is 42.1 Å². The Balaban J connectivity index is 1.63. The number of aryl methyl sites for hydroxylation is 1. The lowest BCUT2D eigenvalue weighted by molar-refractivity contribution is 0.0226. The van der Waals surface area contributed by atoms with E-state index in [1.807, 2.05) is 60.7 Å². The minimum Gasteiger partial charge on any atom is -0.456 e. The van der Waals surface area contributed by atoms with E-state index >= 15 is 0 Å². The molecule has 4 aromatic carbocycles. The molecular formula is C35H36N2O3. The fraction of sp³-hybridized carbons (Fsp3) is 0.286. The van der Waals surface area contributed by atoms with Crippen LogP contribution in [0.5, 0.6) is 11.5 Å². The first-order valence-electron chi connectivity index (χ1n) is 14.4. The molecule has 1 atom stereocenters. The molecule has 0 amide bonds. The highest BCUT2D eigenvalue weighted by atomic mass is 16.6. The molecule has 0 radical (unpaired) electrons. The number of hydrogen-bond donors (Lipinski definition) is 0. The number of nitrogens with zero attached hydrogens (tertiary/aromatic N) is 2. The molecule has 1 unspecified atom stereocenters. The molecule has 5 nitrogen and oxygen atoms in total. The highest BCUT2D eigenvalue weighted by Crippen LogP contribution is 2.59. The second-order valence-corrected chi connectivity index (χ2v) is 10.5. The summed E-state index contributed by atoms with van der Waals surface area (Å²) in [5, 5.41) is 0. The SMILES string of the molecule is CCCCN(c1cc(N(CC)CC)ccc1C)c1cccc2c1C1(OC(=O)c3ccccc31)c1ccccc1O2. The van der Waals surface area contributed by atoms with Crippen LogP contribution in [0.15, 0.2) is 84.9 Å². The molecule has 2 aliphatic heterocycles. The maximum Gasteiger partial charge on any atom is 0.340 e.